The summed E-state index contributed by atoms with van der Waals surface area (Å²) in [6.45, 7) is 17.6. The quantitative estimate of drug-likeness (QED) is 0.0674. The van der Waals surface area contributed by atoms with Crippen LogP contribution in [-0.4, -0.2) is 113 Å². The molecule has 3 fully saturated rings. The van der Waals surface area contributed by atoms with E-state index in [4.69, 9.17) is 36.7 Å². The highest BCUT2D eigenvalue weighted by atomic mass is 28.5. The summed E-state index contributed by atoms with van der Waals surface area (Å²) in [4.78, 5) is 86.5. The lowest BCUT2D eigenvalue weighted by Crippen LogP contribution is -2.82. The first-order valence-corrected chi connectivity index (χ1v) is 29.6. The molecule has 0 aromatic heterocycles. The molecule has 0 spiro atoms. The number of amides is 1. The number of rotatable bonds is 15. The Labute approximate surface area is 417 Å². The number of esters is 4. The van der Waals surface area contributed by atoms with Gasteiger partial charge in [0.15, 0.2) is 17.5 Å². The molecule has 3 aliphatic carbocycles. The van der Waals surface area contributed by atoms with E-state index < -0.39 is 130 Å². The largest absolute Gasteiger partial charge is 0.457 e. The molecular formula is C53H67NO15Si2. The van der Waals surface area contributed by atoms with Crippen LogP contribution in [0.2, 0.25) is 26.2 Å². The lowest BCUT2D eigenvalue weighted by Gasteiger charge is -2.68. The van der Waals surface area contributed by atoms with E-state index in [9.17, 15) is 29.1 Å². The first-order valence-electron chi connectivity index (χ1n) is 24.0. The zero-order valence-electron chi connectivity index (χ0n) is 42.6. The number of hydrogen-bond acceptors (Lipinski definition) is 15. The van der Waals surface area contributed by atoms with E-state index in [0.29, 0.717) is 16.7 Å². The van der Waals surface area contributed by atoms with Crippen LogP contribution in [0, 0.1) is 22.7 Å². The van der Waals surface area contributed by atoms with Gasteiger partial charge >= 0.3 is 41.0 Å². The topological polar surface area (TPSA) is 209 Å². The van der Waals surface area contributed by atoms with Gasteiger partial charge < -0.3 is 47.1 Å². The maximum Gasteiger partial charge on any atom is 0.338 e. The maximum atomic E-state index is 16.4. The molecule has 2 N–H and O–H groups in total. The highest BCUT2D eigenvalue weighted by Crippen LogP contribution is 2.65. The van der Waals surface area contributed by atoms with Crippen LogP contribution in [0.1, 0.15) is 93.6 Å². The second-order valence-corrected chi connectivity index (χ2v) is 28.0. The fourth-order valence-electron chi connectivity index (χ4n) is 11.5. The van der Waals surface area contributed by atoms with Gasteiger partial charge in [-0.15, -0.1) is 0 Å². The van der Waals surface area contributed by atoms with Crippen molar-refractivity contribution >= 4 is 52.7 Å². The number of carbonyl (C=O) groups excluding carboxylic acids is 6. The number of fused-ring (bicyclic) bond motifs is 5. The number of hydrogen-bond donors (Lipinski definition) is 2. The van der Waals surface area contributed by atoms with Crippen LogP contribution >= 0.6 is 0 Å². The van der Waals surface area contributed by atoms with Crippen molar-refractivity contribution < 1.29 is 70.5 Å². The second kappa shape index (κ2) is 19.9. The molecule has 3 aromatic carbocycles. The molecule has 0 radical (unpaired) electrons. The van der Waals surface area contributed by atoms with Gasteiger partial charge in [-0.25, -0.2) is 4.79 Å². The van der Waals surface area contributed by atoms with Crippen LogP contribution in [0.4, 0.5) is 0 Å². The number of ether oxygens (including phenoxy) is 5. The van der Waals surface area contributed by atoms with Crippen molar-refractivity contribution in [3.8, 4) is 0 Å². The third-order valence-corrected chi connectivity index (χ3v) is 20.9. The molecule has 7 rings (SSSR count). The molecule has 16 nitrogen and oxygen atoms in total. The summed E-state index contributed by atoms with van der Waals surface area (Å²) in [7, 11) is -4.57. The van der Waals surface area contributed by atoms with E-state index >= 15 is 4.79 Å². The fraction of sp³-hybridized carbons (Fsp3) is 0.509. The van der Waals surface area contributed by atoms with Gasteiger partial charge in [0, 0.05) is 44.8 Å². The number of aliphatic hydroxyl groups is 1. The van der Waals surface area contributed by atoms with Crippen LogP contribution in [0.5, 0.6) is 0 Å². The van der Waals surface area contributed by atoms with Crippen molar-refractivity contribution in [2.45, 2.75) is 135 Å². The minimum atomic E-state index is -3.32. The van der Waals surface area contributed by atoms with E-state index in [0.717, 1.165) is 6.92 Å². The summed E-state index contributed by atoms with van der Waals surface area (Å²) in [5.41, 5.74) is -6.08. The molecule has 1 amide bonds. The zero-order valence-corrected chi connectivity index (χ0v) is 44.6. The Kier molecular flexibility index (Phi) is 15.0. The molecule has 0 unspecified atom stereocenters. The van der Waals surface area contributed by atoms with Gasteiger partial charge in [-0.2, -0.15) is 0 Å². The minimum Gasteiger partial charge on any atom is -0.457 e. The zero-order chi connectivity index (χ0) is 52.1. The SMILES string of the molecule is CO[Si](C)(C)O[Si](C)(C)O[C@H]1C[C@H]2OC[C@@]2(OC(C)=O)[C@H]2[C@H](OC(=O)c3ccccc3)[C@]3(O)C[C@H](OC(=O)[C@H](C)[C@@H](NC(=O)c4ccccc4)c4ccccc4)C(C)=C([C@@H](OC(C)=O)C(=O)[C@]12C)C3(C)C. The maximum absolute atomic E-state index is 16.4. The van der Waals surface area contributed by atoms with Crippen LogP contribution in [0.15, 0.2) is 102 Å². The first-order chi connectivity index (χ1) is 33.2. The van der Waals surface area contributed by atoms with Crippen LogP contribution < -0.4 is 5.32 Å². The first kappa shape index (κ1) is 53.5. The number of Topliss-reactive ketones (excluding diaryl/α,β-unsaturated/α-hetero) is 1. The molecule has 2 bridgehead atoms. The molecule has 71 heavy (non-hydrogen) atoms. The smallest absolute Gasteiger partial charge is 0.338 e. The normalized spacial score (nSPS) is 29.8. The van der Waals surface area contributed by atoms with Gasteiger partial charge in [0.2, 0.25) is 0 Å². The standard InChI is InChI=1S/C53H67NO15Si2/c1-31-38(65-48(59)32(2)42(35-22-16-13-17-23-35)54-47(58)36-24-18-14-19-25-36)29-53(61)46(66-49(60)37-26-20-15-21-27-37)44-51(7,45(57)43(64-33(3)55)41(31)50(53,5)6)39(68-71(11,12)69-70(9,10)62-8)28-40-52(44,30-63-40)67-34(4)56/h13-27,32,38-40,42-44,46,61H,28-30H2,1-12H3,(H,54,58)/t32-,38+,39+,40-,42-,43-,44+,46+,51-,52+,53-/m1/s1. The summed E-state index contributed by atoms with van der Waals surface area (Å²) in [5.74, 6) is -6.86. The summed E-state index contributed by atoms with van der Waals surface area (Å²) in [6.07, 6.45) is -7.39. The molecule has 3 aromatic rings. The molecule has 2 saturated carbocycles. The van der Waals surface area contributed by atoms with Gasteiger partial charge in [0.1, 0.15) is 23.9 Å². The minimum absolute atomic E-state index is 0.0196. The van der Waals surface area contributed by atoms with Gasteiger partial charge in [0.05, 0.1) is 41.6 Å². The summed E-state index contributed by atoms with van der Waals surface area (Å²) >= 11 is 0. The van der Waals surface area contributed by atoms with E-state index in [2.05, 4.69) is 5.32 Å². The van der Waals surface area contributed by atoms with Gasteiger partial charge in [0.25, 0.3) is 5.91 Å². The van der Waals surface area contributed by atoms with E-state index in [1.807, 2.05) is 32.3 Å². The summed E-state index contributed by atoms with van der Waals surface area (Å²) in [5, 5.41) is 17.2. The third kappa shape index (κ3) is 9.96. The Morgan fingerprint density at radius 3 is 1.92 bits per heavy atom. The monoisotopic (exact) mass is 1010 g/mol. The summed E-state index contributed by atoms with van der Waals surface area (Å²) in [6, 6.07) is 24.7. The van der Waals surface area contributed by atoms with E-state index in [1.54, 1.807) is 127 Å². The van der Waals surface area contributed by atoms with E-state index in [1.165, 1.54) is 6.92 Å². The fourth-order valence-corrected chi connectivity index (χ4v) is 17.8. The lowest BCUT2D eigenvalue weighted by molar-refractivity contribution is -0.345. The average Bonchev–Trinajstić information content (AvgIpc) is 3.31. The predicted molar refractivity (Wildman–Crippen MR) is 263 cm³/mol. The molecular weight excluding hydrogens is 947 g/mol. The van der Waals surface area contributed by atoms with Gasteiger partial charge in [-0.3, -0.25) is 24.0 Å². The van der Waals surface area contributed by atoms with Crippen molar-refractivity contribution in [2.24, 2.45) is 22.7 Å². The van der Waals surface area contributed by atoms with Crippen LogP contribution in [0.25, 0.3) is 0 Å². The van der Waals surface area contributed by atoms with Crippen LogP contribution in [-0.2, 0) is 55.8 Å². The van der Waals surface area contributed by atoms with Crippen LogP contribution in [0.3, 0.4) is 0 Å². The van der Waals surface area contributed by atoms with Gasteiger partial charge in [-0.05, 0) is 87.9 Å². The Morgan fingerprint density at radius 2 is 1.38 bits per heavy atom. The highest BCUT2D eigenvalue weighted by molar-refractivity contribution is 6.78. The average molecular weight is 1010 g/mol. The molecule has 18 heteroatoms. The number of ketones is 1. The van der Waals surface area contributed by atoms with Crippen molar-refractivity contribution in [1.29, 1.82) is 0 Å². The molecule has 4 aliphatic rings. The number of carbonyl (C=O) groups is 6. The van der Waals surface area contributed by atoms with Gasteiger partial charge in [-0.1, -0.05) is 80.6 Å². The van der Waals surface area contributed by atoms with Crippen molar-refractivity contribution in [3.63, 3.8) is 0 Å². The van der Waals surface area contributed by atoms with E-state index in [-0.39, 0.29) is 24.2 Å². The molecule has 382 valence electrons. The summed E-state index contributed by atoms with van der Waals surface area (Å²) < 4.78 is 51.3. The van der Waals surface area contributed by atoms with Crippen molar-refractivity contribution in [3.05, 3.63) is 119 Å². The molecule has 1 saturated heterocycles. The second-order valence-electron chi connectivity index (χ2n) is 20.9. The predicted octanol–water partition coefficient (Wildman–Crippen LogP) is 7.10. The Hall–Kier alpha value is -5.35. The lowest BCUT2D eigenvalue weighted by atomic mass is 9.44. The number of benzene rings is 3. The molecule has 1 heterocycles. The van der Waals surface area contributed by atoms with Crippen molar-refractivity contribution in [2.75, 3.05) is 13.7 Å². The highest BCUT2D eigenvalue weighted by Gasteiger charge is 2.79. The Balaban J connectivity index is 1.43. The third-order valence-electron chi connectivity index (χ3n) is 15.2. The van der Waals surface area contributed by atoms with Crippen molar-refractivity contribution in [1.82, 2.24) is 5.32 Å². The molecule has 1 aliphatic heterocycles. The molecule has 11 atom stereocenters. The Morgan fingerprint density at radius 1 is 0.803 bits per heavy atom. The Bertz CT molecular complexity index is 2550. The number of nitrogens with one attached hydrogen (secondary N) is 1.